The first-order valence-electron chi connectivity index (χ1n) is 9.12. The average Bonchev–Trinajstić information content (AvgIpc) is 2.65. The molecule has 0 radical (unpaired) electrons. The normalized spacial score (nSPS) is 22.7. The SMILES string of the molecule is CN(C)CC1CN(C(=O)Nc2ccc(Cl)cc2)CCC1(O)c1ccccc1. The number of aliphatic hydroxyl groups is 1. The first kappa shape index (κ1) is 19.7. The highest BCUT2D eigenvalue weighted by Gasteiger charge is 2.44. The van der Waals surface area contributed by atoms with Crippen LogP contribution in [0.2, 0.25) is 5.02 Å². The molecular weight excluding hydrogens is 362 g/mol. The van der Waals surface area contributed by atoms with E-state index < -0.39 is 5.60 Å². The zero-order valence-corrected chi connectivity index (χ0v) is 16.5. The number of piperidine rings is 1. The number of anilines is 1. The zero-order chi connectivity index (χ0) is 19.4. The first-order chi connectivity index (χ1) is 12.9. The highest BCUT2D eigenvalue weighted by atomic mass is 35.5. The molecule has 2 aromatic rings. The summed E-state index contributed by atoms with van der Waals surface area (Å²) in [6.45, 7) is 1.67. The van der Waals surface area contributed by atoms with E-state index in [4.69, 9.17) is 11.6 Å². The Kier molecular flexibility index (Phi) is 6.05. The fourth-order valence-electron chi connectivity index (χ4n) is 3.69. The summed E-state index contributed by atoms with van der Waals surface area (Å²) in [4.78, 5) is 16.6. The lowest BCUT2D eigenvalue weighted by Gasteiger charge is -2.45. The monoisotopic (exact) mass is 387 g/mol. The standard InChI is InChI=1S/C21H26ClN3O2/c1-24(2)14-17-15-25(20(26)23-19-10-8-18(22)9-11-19)13-12-21(17,27)16-6-4-3-5-7-16/h3-11,17,27H,12-15H2,1-2H3,(H,23,26). The molecule has 2 aromatic carbocycles. The van der Waals surface area contributed by atoms with Gasteiger partial charge in [0.25, 0.3) is 0 Å². The fourth-order valence-corrected chi connectivity index (χ4v) is 3.82. The molecule has 3 rings (SSSR count). The maximum Gasteiger partial charge on any atom is 0.321 e. The Hall–Kier alpha value is -2.08. The molecule has 2 atom stereocenters. The number of hydrogen-bond donors (Lipinski definition) is 2. The Morgan fingerprint density at radius 1 is 1.22 bits per heavy atom. The Morgan fingerprint density at radius 2 is 1.89 bits per heavy atom. The van der Waals surface area contributed by atoms with Crippen LogP contribution in [0.1, 0.15) is 12.0 Å². The van der Waals surface area contributed by atoms with Crippen LogP contribution in [0, 0.1) is 5.92 Å². The number of carbonyl (C=O) groups excluding carboxylic acids is 1. The molecule has 27 heavy (non-hydrogen) atoms. The summed E-state index contributed by atoms with van der Waals surface area (Å²) in [5, 5.41) is 15.0. The van der Waals surface area contributed by atoms with E-state index in [0.29, 0.717) is 36.8 Å². The minimum Gasteiger partial charge on any atom is -0.385 e. The predicted octanol–water partition coefficient (Wildman–Crippen LogP) is 3.64. The van der Waals surface area contributed by atoms with E-state index in [1.165, 1.54) is 0 Å². The van der Waals surface area contributed by atoms with Crippen LogP contribution >= 0.6 is 11.6 Å². The third-order valence-corrected chi connectivity index (χ3v) is 5.37. The summed E-state index contributed by atoms with van der Waals surface area (Å²) in [5.41, 5.74) is 0.676. The zero-order valence-electron chi connectivity index (χ0n) is 15.7. The molecule has 5 nitrogen and oxygen atoms in total. The largest absolute Gasteiger partial charge is 0.385 e. The molecule has 0 bridgehead atoms. The summed E-state index contributed by atoms with van der Waals surface area (Å²) in [6.07, 6.45) is 0.504. The van der Waals surface area contributed by atoms with Gasteiger partial charge >= 0.3 is 6.03 Å². The van der Waals surface area contributed by atoms with Gasteiger partial charge in [-0.05, 0) is 50.3 Å². The second-order valence-corrected chi connectivity index (χ2v) is 7.82. The van der Waals surface area contributed by atoms with Crippen molar-refractivity contribution in [2.24, 2.45) is 5.92 Å². The molecule has 0 aromatic heterocycles. The molecule has 0 aliphatic carbocycles. The van der Waals surface area contributed by atoms with Crippen molar-refractivity contribution in [1.29, 1.82) is 0 Å². The van der Waals surface area contributed by atoms with Crippen molar-refractivity contribution in [1.82, 2.24) is 9.80 Å². The molecule has 6 heteroatoms. The van der Waals surface area contributed by atoms with Crippen LogP contribution < -0.4 is 5.32 Å². The van der Waals surface area contributed by atoms with Crippen LogP contribution in [0.15, 0.2) is 54.6 Å². The highest BCUT2D eigenvalue weighted by Crippen LogP contribution is 2.38. The van der Waals surface area contributed by atoms with Gasteiger partial charge in [-0.15, -0.1) is 0 Å². The topological polar surface area (TPSA) is 55.8 Å². The molecular formula is C21H26ClN3O2. The van der Waals surface area contributed by atoms with Crippen molar-refractivity contribution in [2.45, 2.75) is 12.0 Å². The van der Waals surface area contributed by atoms with Gasteiger partial charge in [0.1, 0.15) is 0 Å². The van der Waals surface area contributed by atoms with Crippen LogP contribution in [0.5, 0.6) is 0 Å². The number of benzene rings is 2. The quantitative estimate of drug-likeness (QED) is 0.842. The molecule has 0 saturated carbocycles. The van der Waals surface area contributed by atoms with E-state index in [1.54, 1.807) is 29.2 Å². The number of nitrogens with one attached hydrogen (secondary N) is 1. The van der Waals surface area contributed by atoms with E-state index in [0.717, 1.165) is 5.56 Å². The van der Waals surface area contributed by atoms with Crippen LogP contribution in [0.3, 0.4) is 0 Å². The van der Waals surface area contributed by atoms with E-state index in [9.17, 15) is 9.90 Å². The van der Waals surface area contributed by atoms with Crippen LogP contribution in [-0.2, 0) is 5.60 Å². The van der Waals surface area contributed by atoms with Crippen LogP contribution in [0.4, 0.5) is 10.5 Å². The minimum atomic E-state index is -0.942. The Bertz CT molecular complexity index is 767. The smallest absolute Gasteiger partial charge is 0.321 e. The Labute approximate surface area is 165 Å². The van der Waals surface area contributed by atoms with Crippen molar-refractivity contribution in [2.75, 3.05) is 39.0 Å². The predicted molar refractivity (Wildman–Crippen MR) is 109 cm³/mol. The molecule has 1 heterocycles. The number of likely N-dealkylation sites (tertiary alicyclic amines) is 1. The number of urea groups is 1. The van der Waals surface area contributed by atoms with E-state index in [1.807, 2.05) is 44.4 Å². The van der Waals surface area contributed by atoms with Gasteiger partial charge < -0.3 is 20.2 Å². The van der Waals surface area contributed by atoms with Crippen LogP contribution in [0.25, 0.3) is 0 Å². The van der Waals surface area contributed by atoms with Gasteiger partial charge in [-0.25, -0.2) is 4.79 Å². The lowest BCUT2D eigenvalue weighted by Crippen LogP contribution is -2.55. The summed E-state index contributed by atoms with van der Waals surface area (Å²) in [7, 11) is 3.97. The van der Waals surface area contributed by atoms with Crippen molar-refractivity contribution >= 4 is 23.3 Å². The number of halogens is 1. The van der Waals surface area contributed by atoms with Gasteiger partial charge in [0.2, 0.25) is 0 Å². The number of amides is 2. The van der Waals surface area contributed by atoms with Gasteiger partial charge in [0.05, 0.1) is 5.60 Å². The maximum atomic E-state index is 12.7. The third-order valence-electron chi connectivity index (χ3n) is 5.12. The molecule has 1 aliphatic heterocycles. The molecule has 1 fully saturated rings. The molecule has 144 valence electrons. The van der Waals surface area contributed by atoms with Crippen molar-refractivity contribution in [3.63, 3.8) is 0 Å². The lowest BCUT2D eigenvalue weighted by molar-refractivity contribution is -0.0749. The van der Waals surface area contributed by atoms with Gasteiger partial charge in [-0.1, -0.05) is 41.9 Å². The van der Waals surface area contributed by atoms with Crippen molar-refractivity contribution < 1.29 is 9.90 Å². The first-order valence-corrected chi connectivity index (χ1v) is 9.50. The lowest BCUT2D eigenvalue weighted by atomic mass is 9.75. The average molecular weight is 388 g/mol. The van der Waals surface area contributed by atoms with E-state index >= 15 is 0 Å². The van der Waals surface area contributed by atoms with Crippen molar-refractivity contribution in [3.05, 3.63) is 65.2 Å². The van der Waals surface area contributed by atoms with Crippen LogP contribution in [-0.4, -0.2) is 54.7 Å². The number of carbonyl (C=O) groups is 1. The Morgan fingerprint density at radius 3 is 2.52 bits per heavy atom. The molecule has 2 unspecified atom stereocenters. The van der Waals surface area contributed by atoms with E-state index in [-0.39, 0.29) is 11.9 Å². The number of rotatable bonds is 4. The summed E-state index contributed by atoms with van der Waals surface area (Å²) < 4.78 is 0. The minimum absolute atomic E-state index is 0.0837. The highest BCUT2D eigenvalue weighted by molar-refractivity contribution is 6.30. The Balaban J connectivity index is 1.75. The van der Waals surface area contributed by atoms with Crippen molar-refractivity contribution in [3.8, 4) is 0 Å². The molecule has 2 amide bonds. The van der Waals surface area contributed by atoms with Gasteiger partial charge in [0.15, 0.2) is 0 Å². The number of hydrogen-bond acceptors (Lipinski definition) is 3. The second kappa shape index (κ2) is 8.30. The van der Waals surface area contributed by atoms with Gasteiger partial charge in [-0.2, -0.15) is 0 Å². The summed E-state index contributed by atoms with van der Waals surface area (Å²) in [5.74, 6) is -0.0837. The second-order valence-electron chi connectivity index (χ2n) is 7.38. The molecule has 0 spiro atoms. The fraction of sp³-hybridized carbons (Fsp3) is 0.381. The van der Waals surface area contributed by atoms with E-state index in [2.05, 4.69) is 10.2 Å². The number of nitrogens with zero attached hydrogens (tertiary/aromatic N) is 2. The third kappa shape index (κ3) is 4.61. The van der Waals surface area contributed by atoms with Gasteiger partial charge in [0, 0.05) is 36.3 Å². The summed E-state index contributed by atoms with van der Waals surface area (Å²) >= 11 is 5.90. The van der Waals surface area contributed by atoms with Gasteiger partial charge in [-0.3, -0.25) is 0 Å². The molecule has 1 saturated heterocycles. The summed E-state index contributed by atoms with van der Waals surface area (Å²) in [6, 6.07) is 16.7. The maximum absolute atomic E-state index is 12.7. The molecule has 2 N–H and O–H groups in total. The molecule has 1 aliphatic rings.